The minimum Gasteiger partial charge on any atom is -0.247 e. The van der Waals surface area contributed by atoms with Gasteiger partial charge in [0.1, 0.15) is 0 Å². The summed E-state index contributed by atoms with van der Waals surface area (Å²) in [4.78, 5) is 10.6. The number of hydrogen-bond acceptors (Lipinski definition) is 2. The number of pyridine rings is 2. The van der Waals surface area contributed by atoms with Gasteiger partial charge in [0.2, 0.25) is 0 Å². The van der Waals surface area contributed by atoms with Gasteiger partial charge in [0.15, 0.2) is 0 Å². The Kier molecular flexibility index (Phi) is 8.79. The Balaban J connectivity index is 0.000000133. The monoisotopic (exact) mass is 870 g/mol. The van der Waals surface area contributed by atoms with Gasteiger partial charge in [-0.3, -0.25) is 0 Å². The molecule has 10 aromatic rings. The zero-order valence-electron chi connectivity index (χ0n) is 31.6. The summed E-state index contributed by atoms with van der Waals surface area (Å²) in [6, 6.07) is 60.8. The van der Waals surface area contributed by atoms with E-state index in [1.165, 1.54) is 99.3 Å². The van der Waals surface area contributed by atoms with Gasteiger partial charge in [-0.25, -0.2) is 9.97 Å². The first-order chi connectivity index (χ1) is 28.6. The molecule has 0 atom stereocenters. The Hall–Kier alpha value is -5.94. The molecule has 276 valence electrons. The second kappa shape index (κ2) is 14.5. The average Bonchev–Trinajstić information content (AvgIpc) is 3.28. The van der Waals surface area contributed by atoms with Crippen LogP contribution in [0.15, 0.2) is 179 Å². The largest absolute Gasteiger partial charge is 0.247 e. The van der Waals surface area contributed by atoms with Crippen LogP contribution in [0.5, 0.6) is 0 Å². The molecule has 2 aliphatic carbocycles. The van der Waals surface area contributed by atoms with Crippen molar-refractivity contribution >= 4 is 75.2 Å². The zero-order chi connectivity index (χ0) is 38.7. The molecule has 0 radical (unpaired) electrons. The predicted molar refractivity (Wildman–Crippen MR) is 250 cm³/mol. The molecule has 2 aliphatic rings. The molecule has 2 aromatic heterocycles. The number of halogens is 2. The molecule has 8 aromatic carbocycles. The molecule has 0 saturated heterocycles. The third-order valence-electron chi connectivity index (χ3n) is 12.1. The smallest absolute Gasteiger partial charge is 0.0794 e. The van der Waals surface area contributed by atoms with Crippen molar-refractivity contribution in [1.82, 2.24) is 9.97 Å². The Bertz CT molecular complexity index is 3070. The minimum absolute atomic E-state index is 1.06. The van der Waals surface area contributed by atoms with Crippen molar-refractivity contribution in [2.75, 3.05) is 0 Å². The number of hydrogen-bond donors (Lipinski definition) is 0. The van der Waals surface area contributed by atoms with Crippen molar-refractivity contribution in [3.05, 3.63) is 201 Å². The van der Waals surface area contributed by atoms with Crippen LogP contribution in [0.25, 0.3) is 88.1 Å². The number of benzene rings is 8. The van der Waals surface area contributed by atoms with Gasteiger partial charge in [-0.15, -0.1) is 0 Å². The van der Waals surface area contributed by atoms with Gasteiger partial charge in [0, 0.05) is 47.2 Å². The fourth-order valence-corrected chi connectivity index (χ4v) is 9.89. The van der Waals surface area contributed by atoms with Gasteiger partial charge in [-0.1, -0.05) is 177 Å². The molecule has 58 heavy (non-hydrogen) atoms. The molecule has 0 aliphatic heterocycles. The summed E-state index contributed by atoms with van der Waals surface area (Å²) in [5.74, 6) is 0. The highest BCUT2D eigenvalue weighted by molar-refractivity contribution is 9.10. The zero-order valence-corrected chi connectivity index (χ0v) is 34.8. The van der Waals surface area contributed by atoms with Crippen molar-refractivity contribution in [3.63, 3.8) is 0 Å². The molecule has 0 fully saturated rings. The number of rotatable bonds is 2. The lowest BCUT2D eigenvalue weighted by atomic mass is 9.78. The third kappa shape index (κ3) is 5.97. The molecule has 4 heteroatoms. The van der Waals surface area contributed by atoms with E-state index in [9.17, 15) is 0 Å². The number of fused-ring (bicyclic) bond motifs is 12. The van der Waals surface area contributed by atoms with Gasteiger partial charge in [-0.05, 0) is 99.7 Å². The van der Waals surface area contributed by atoms with Crippen LogP contribution in [0.4, 0.5) is 0 Å². The molecule has 0 unspecified atom stereocenters. The van der Waals surface area contributed by atoms with E-state index in [0.717, 1.165) is 45.7 Å². The first-order valence-electron chi connectivity index (χ1n) is 20.0. The summed E-state index contributed by atoms with van der Waals surface area (Å²) in [6.45, 7) is 0. The van der Waals surface area contributed by atoms with E-state index < -0.39 is 0 Å². The van der Waals surface area contributed by atoms with Crippen LogP contribution >= 0.6 is 31.9 Å². The summed E-state index contributed by atoms with van der Waals surface area (Å²) in [6.07, 6.45) is 4.28. The van der Waals surface area contributed by atoms with Gasteiger partial charge in [0.05, 0.1) is 22.4 Å². The summed E-state index contributed by atoms with van der Waals surface area (Å²) < 4.78 is 2.20. The topological polar surface area (TPSA) is 25.8 Å². The lowest BCUT2D eigenvalue weighted by molar-refractivity contribution is 0.892. The molecule has 12 rings (SSSR count). The lowest BCUT2D eigenvalue weighted by Gasteiger charge is -2.29. The van der Waals surface area contributed by atoms with Crippen LogP contribution in [0, 0.1) is 0 Å². The fourth-order valence-electron chi connectivity index (χ4n) is 9.36. The molecule has 0 N–H and O–H groups in total. The Morgan fingerprint density at radius 1 is 0.345 bits per heavy atom. The minimum atomic E-state index is 1.06. The first kappa shape index (κ1) is 35.2. The fraction of sp³-hybridized carbons (Fsp3) is 0.0741. The van der Waals surface area contributed by atoms with E-state index in [4.69, 9.17) is 9.97 Å². The van der Waals surface area contributed by atoms with Crippen LogP contribution in [-0.2, 0) is 25.7 Å². The van der Waals surface area contributed by atoms with Crippen molar-refractivity contribution in [2.45, 2.75) is 25.7 Å². The molecule has 0 amide bonds. The quantitative estimate of drug-likeness (QED) is 0.128. The molecule has 2 heterocycles. The van der Waals surface area contributed by atoms with Gasteiger partial charge < -0.3 is 0 Å². The molecule has 0 saturated carbocycles. The van der Waals surface area contributed by atoms with Crippen molar-refractivity contribution < 1.29 is 0 Å². The number of aryl methyl sites for hydroxylation is 2. The van der Waals surface area contributed by atoms with Crippen LogP contribution < -0.4 is 0 Å². The Labute approximate surface area is 354 Å². The predicted octanol–water partition coefficient (Wildman–Crippen LogP) is 15.2. The van der Waals surface area contributed by atoms with Crippen LogP contribution in [-0.4, -0.2) is 9.97 Å². The highest BCUT2D eigenvalue weighted by atomic mass is 79.9. The highest BCUT2D eigenvalue weighted by Gasteiger charge is 2.28. The normalized spacial score (nSPS) is 12.7. The SMILES string of the molecule is Brc1ccc(-c2c3c(nc4c2CCc2ccccc2-4)-c2ccccc2CC3)cc1.Brc1ccc(-c2c3ccc4ccccc4c3nc3c2ccc2ccccc23)cc1. The Morgan fingerprint density at radius 3 is 1.28 bits per heavy atom. The second-order valence-electron chi connectivity index (χ2n) is 15.3. The maximum atomic E-state index is 5.33. The average molecular weight is 873 g/mol. The summed E-state index contributed by atoms with van der Waals surface area (Å²) >= 11 is 7.17. The van der Waals surface area contributed by atoms with E-state index in [2.05, 4.69) is 202 Å². The second-order valence-corrected chi connectivity index (χ2v) is 17.2. The Morgan fingerprint density at radius 2 is 0.776 bits per heavy atom. The molecular weight excluding hydrogens is 836 g/mol. The summed E-state index contributed by atoms with van der Waals surface area (Å²) in [5, 5.41) is 7.20. The summed E-state index contributed by atoms with van der Waals surface area (Å²) in [7, 11) is 0. The van der Waals surface area contributed by atoms with E-state index >= 15 is 0 Å². The van der Waals surface area contributed by atoms with E-state index in [1.807, 2.05) is 0 Å². The van der Waals surface area contributed by atoms with Gasteiger partial charge in [-0.2, -0.15) is 0 Å². The third-order valence-corrected chi connectivity index (χ3v) is 13.1. The van der Waals surface area contributed by atoms with Crippen molar-refractivity contribution in [1.29, 1.82) is 0 Å². The number of nitrogens with zero attached hydrogens (tertiary/aromatic N) is 2. The van der Waals surface area contributed by atoms with Crippen LogP contribution in [0.2, 0.25) is 0 Å². The van der Waals surface area contributed by atoms with Gasteiger partial charge >= 0.3 is 0 Å². The van der Waals surface area contributed by atoms with Crippen molar-refractivity contribution in [2.24, 2.45) is 0 Å². The maximum absolute atomic E-state index is 5.33. The van der Waals surface area contributed by atoms with Crippen molar-refractivity contribution in [3.8, 4) is 44.8 Å². The molecule has 0 spiro atoms. The van der Waals surface area contributed by atoms with Crippen LogP contribution in [0.1, 0.15) is 22.3 Å². The maximum Gasteiger partial charge on any atom is 0.0794 e. The van der Waals surface area contributed by atoms with E-state index in [0.29, 0.717) is 0 Å². The number of aromatic nitrogens is 2. The molecule has 2 nitrogen and oxygen atoms in total. The van der Waals surface area contributed by atoms with E-state index in [-0.39, 0.29) is 0 Å². The highest BCUT2D eigenvalue weighted by Crippen LogP contribution is 2.46. The van der Waals surface area contributed by atoms with E-state index in [1.54, 1.807) is 0 Å². The van der Waals surface area contributed by atoms with Gasteiger partial charge in [0.25, 0.3) is 0 Å². The lowest BCUT2D eigenvalue weighted by Crippen LogP contribution is -2.14. The molecule has 0 bridgehead atoms. The standard InChI is InChI=1S/C27H20BrN.C27H16BrN/c2*28-20-13-9-19(10-14-20)25-23-15-11-17-5-1-3-7-21(17)26(23)29-27-22-8-4-2-6-18(22)12-16-24(25)27/h1-10,13-14H,11-12,15-16H2;1-16H. The summed E-state index contributed by atoms with van der Waals surface area (Å²) in [5.41, 5.74) is 17.9. The first-order valence-corrected chi connectivity index (χ1v) is 21.5. The van der Waals surface area contributed by atoms with Crippen LogP contribution in [0.3, 0.4) is 0 Å². The molecular formula is C54H36Br2N2.